The number of hydrogen-bond donors (Lipinski definition) is 0. The Morgan fingerprint density at radius 1 is 0.192 bits per heavy atom. The number of benzene rings is 14. The highest BCUT2D eigenvalue weighted by molar-refractivity contribution is 5.92. The lowest BCUT2D eigenvalue weighted by Crippen LogP contribution is -1.85. The number of hydrogen-bond acceptors (Lipinski definition) is 0. The van der Waals surface area contributed by atoms with Crippen LogP contribution in [0.3, 0.4) is 0 Å². The molecule has 0 unspecified atom stereocenters. The topological polar surface area (TPSA) is 0 Å². The minimum atomic E-state index is 0.863. The monoisotopic (exact) mass is 1580 g/mol. The molecule has 0 heterocycles. The van der Waals surface area contributed by atoms with E-state index in [-0.39, 0.29) is 0 Å². The van der Waals surface area contributed by atoms with Crippen molar-refractivity contribution < 1.29 is 0 Å². The average molecular weight is 1580 g/mol. The van der Waals surface area contributed by atoms with Gasteiger partial charge in [0, 0.05) is 44.5 Å². The van der Waals surface area contributed by atoms with Crippen molar-refractivity contribution >= 4 is 64.6 Å². The fourth-order valence-corrected chi connectivity index (χ4v) is 10.3. The molecule has 120 heavy (non-hydrogen) atoms. The van der Waals surface area contributed by atoms with E-state index >= 15 is 0 Å². The van der Waals surface area contributed by atoms with Gasteiger partial charge in [0.25, 0.3) is 0 Å². The van der Waals surface area contributed by atoms with Crippen molar-refractivity contribution in [3.63, 3.8) is 0 Å². The molecule has 0 aromatic heterocycles. The first-order valence-electron chi connectivity index (χ1n) is 42.9. The molecule has 14 aromatic rings. The SMILES string of the molecule is C#Cc1c(C#CC)ccc2ccccc12.C#Cc1cc2ccccc2cc1C#CC.C#Cc1ccc2ccccc2c1C#CC.C#Cc1ccccc1C#CC.CCC.CCC.CCC.CCC.CCC.CCC.CCC.CCC.Cc1ccc2ccccc2c1.Cc1ccc2ccccc2c1.Cc1cccc2ccccc12.Cc1ccccc1. The molecule has 0 bridgehead atoms. The fraction of sp³-hybridized carbons (Fsp3) is 0.267. The van der Waals surface area contributed by atoms with E-state index in [4.69, 9.17) is 25.7 Å². The maximum atomic E-state index is 5.53. The maximum absolute atomic E-state index is 5.53. The molecule has 0 saturated carbocycles. The van der Waals surface area contributed by atoms with Crippen molar-refractivity contribution in [3.05, 3.63) is 358 Å². The van der Waals surface area contributed by atoms with Gasteiger partial charge in [-0.3, -0.25) is 0 Å². The highest BCUT2D eigenvalue weighted by atomic mass is 14.1. The van der Waals surface area contributed by atoms with E-state index in [0.717, 1.165) is 66.1 Å². The zero-order valence-electron chi connectivity index (χ0n) is 77.7. The van der Waals surface area contributed by atoms with Gasteiger partial charge < -0.3 is 0 Å². The normalized spacial score (nSPS) is 8.63. The van der Waals surface area contributed by atoms with Crippen LogP contribution in [0.2, 0.25) is 0 Å². The molecule has 14 rings (SSSR count). The average Bonchev–Trinajstić information content (AvgIpc) is 0.812. The quantitative estimate of drug-likeness (QED) is 0.133. The smallest absolute Gasteiger partial charge is 0.0480 e. The lowest BCUT2D eigenvalue weighted by atomic mass is 10.00. The number of rotatable bonds is 0. The summed E-state index contributed by atoms with van der Waals surface area (Å²) in [6.07, 6.45) is 31.7. The van der Waals surface area contributed by atoms with E-state index in [2.05, 4.69) is 385 Å². The van der Waals surface area contributed by atoms with Crippen molar-refractivity contribution in [3.8, 4) is 96.7 Å². The number of terminal acetylenes is 4. The minimum Gasteiger partial charge on any atom is -0.115 e. The molecule has 0 aliphatic rings. The van der Waals surface area contributed by atoms with Crippen LogP contribution in [0.4, 0.5) is 0 Å². The van der Waals surface area contributed by atoms with Gasteiger partial charge in [-0.25, -0.2) is 0 Å². The third-order valence-electron chi connectivity index (χ3n) is 15.1. The largest absolute Gasteiger partial charge is 0.115 e. The lowest BCUT2D eigenvalue weighted by Gasteiger charge is -2.03. The van der Waals surface area contributed by atoms with Gasteiger partial charge in [0.05, 0.1) is 0 Å². The lowest BCUT2D eigenvalue weighted by molar-refractivity contribution is 1.09. The van der Waals surface area contributed by atoms with E-state index in [9.17, 15) is 0 Å². The minimum absolute atomic E-state index is 0.863. The zero-order chi connectivity index (χ0) is 89.9. The van der Waals surface area contributed by atoms with Gasteiger partial charge in [-0.05, 0) is 162 Å². The number of aryl methyl sites for hydroxylation is 4. The third kappa shape index (κ3) is 45.6. The molecule has 0 atom stereocenters. The second-order valence-electron chi connectivity index (χ2n) is 27.6. The van der Waals surface area contributed by atoms with Crippen LogP contribution >= 0.6 is 0 Å². The summed E-state index contributed by atoms with van der Waals surface area (Å²) in [6, 6.07) is 99.0. The summed E-state index contributed by atoms with van der Waals surface area (Å²) in [5.74, 6) is 34.2. The maximum Gasteiger partial charge on any atom is 0.0480 e. The Morgan fingerprint density at radius 2 is 0.475 bits per heavy atom. The van der Waals surface area contributed by atoms with Gasteiger partial charge in [0.15, 0.2) is 0 Å². The van der Waals surface area contributed by atoms with Gasteiger partial charge >= 0.3 is 0 Å². The Labute approximate surface area is 732 Å². The summed E-state index contributed by atoms with van der Waals surface area (Å²) in [5, 5.41) is 14.9. The Bertz CT molecular complexity index is 5400. The molecule has 0 aliphatic heterocycles. The molecule has 0 radical (unpaired) electrons. The third-order valence-corrected chi connectivity index (χ3v) is 15.1. The second-order valence-corrected chi connectivity index (χ2v) is 27.6. The summed E-state index contributed by atoms with van der Waals surface area (Å²) >= 11 is 0. The Kier molecular flexibility index (Phi) is 66.0. The molecule has 0 fully saturated rings. The zero-order valence-corrected chi connectivity index (χ0v) is 77.7. The Morgan fingerprint density at radius 3 is 0.842 bits per heavy atom. The molecule has 0 amide bonds. The van der Waals surface area contributed by atoms with Crippen LogP contribution in [-0.2, 0) is 0 Å². The molecule has 0 aliphatic carbocycles. The summed E-state index contributed by atoms with van der Waals surface area (Å²) in [6.45, 7) is 49.7. The van der Waals surface area contributed by atoms with Crippen molar-refractivity contribution in [2.45, 2.75) is 218 Å². The highest BCUT2D eigenvalue weighted by Crippen LogP contribution is 2.24. The van der Waals surface area contributed by atoms with Crippen molar-refractivity contribution in [1.82, 2.24) is 0 Å². The molecule has 620 valence electrons. The summed E-state index contributed by atoms with van der Waals surface area (Å²) in [4.78, 5) is 0. The predicted molar refractivity (Wildman–Crippen MR) is 545 cm³/mol. The first-order valence-corrected chi connectivity index (χ1v) is 42.9. The molecule has 0 N–H and O–H groups in total. The Balaban J connectivity index is 0. The molecule has 0 nitrogen and oxygen atoms in total. The van der Waals surface area contributed by atoms with E-state index in [1.165, 1.54) is 117 Å². The van der Waals surface area contributed by atoms with Crippen LogP contribution in [-0.4, -0.2) is 0 Å². The van der Waals surface area contributed by atoms with Crippen LogP contribution in [0.5, 0.6) is 0 Å². The summed E-state index contributed by atoms with van der Waals surface area (Å²) in [7, 11) is 0. The van der Waals surface area contributed by atoms with Gasteiger partial charge in [0.2, 0.25) is 0 Å². The van der Waals surface area contributed by atoms with E-state index in [0.29, 0.717) is 0 Å². The van der Waals surface area contributed by atoms with E-state index < -0.39 is 0 Å². The second kappa shape index (κ2) is 72.6. The number of fused-ring (bicyclic) bond motifs is 6. The van der Waals surface area contributed by atoms with Crippen LogP contribution in [0, 0.1) is 124 Å². The van der Waals surface area contributed by atoms with Crippen LogP contribution in [0.25, 0.3) is 64.6 Å². The van der Waals surface area contributed by atoms with Crippen molar-refractivity contribution in [2.75, 3.05) is 0 Å². The summed E-state index contributed by atoms with van der Waals surface area (Å²) in [5.41, 5.74) is 12.5. The summed E-state index contributed by atoms with van der Waals surface area (Å²) < 4.78 is 0. The molecule has 0 saturated heterocycles. The van der Waals surface area contributed by atoms with Gasteiger partial charge in [-0.2, -0.15) is 0 Å². The first-order chi connectivity index (χ1) is 58.3. The highest BCUT2D eigenvalue weighted by Gasteiger charge is 2.05. The van der Waals surface area contributed by atoms with Crippen LogP contribution in [0.15, 0.2) is 291 Å². The molecule has 14 aromatic carbocycles. The molecule has 0 spiro atoms. The predicted octanol–water partition coefficient (Wildman–Crippen LogP) is 34.4. The van der Waals surface area contributed by atoms with Crippen molar-refractivity contribution in [1.29, 1.82) is 0 Å². The van der Waals surface area contributed by atoms with E-state index in [1.54, 1.807) is 6.92 Å². The Hall–Kier alpha value is -12.9. The van der Waals surface area contributed by atoms with E-state index in [1.807, 2.05) is 136 Å². The van der Waals surface area contributed by atoms with Crippen molar-refractivity contribution in [2.24, 2.45) is 0 Å². The molecular formula is C120H140. The first kappa shape index (κ1) is 109. The molecule has 0 heteroatoms. The van der Waals surface area contributed by atoms with Crippen LogP contribution < -0.4 is 0 Å². The van der Waals surface area contributed by atoms with Gasteiger partial charge in [-0.1, -0.05) is 481 Å². The van der Waals surface area contributed by atoms with Gasteiger partial charge in [-0.15, -0.1) is 49.4 Å². The van der Waals surface area contributed by atoms with Gasteiger partial charge in [0.1, 0.15) is 0 Å². The fourth-order valence-electron chi connectivity index (χ4n) is 10.3. The standard InChI is InChI=1S/3C15H10.3C11H10.C11H8.C7H8.8C3H8/c1-3-7-13-11-15-9-6-5-8-14(15)10-12(13)4-2;1-3-7-12-10-11-13-8-5-6-9-15(13)14(12)4-2;1-3-7-14-12(4-2)10-11-13-8-5-6-9-15(13)14;1-9-5-4-7-10-6-2-3-8-11(9)10;2*1-9-6-7-10-4-2-3-5-11(10)8-9;1-3-7-11-9-6-5-8-10(11)4-2;1-7-5-3-2-4-6-7;8*1-3-2/h3*2,5-6,8-11H,1H3;3*2-8H,1H3;2,5-6,8-9H,1H3;2-6H,1H3;8*3H2,1-2H3. The molecular weight excluding hydrogens is 1440 g/mol. The van der Waals surface area contributed by atoms with Crippen LogP contribution in [0.1, 0.15) is 257 Å².